The van der Waals surface area contributed by atoms with Gasteiger partial charge in [0.15, 0.2) is 5.13 Å². The molecule has 3 aliphatic heterocycles. The van der Waals surface area contributed by atoms with Gasteiger partial charge in [-0.1, -0.05) is 17.4 Å². The third kappa shape index (κ3) is 5.28. The van der Waals surface area contributed by atoms with Gasteiger partial charge in [-0.15, -0.1) is 0 Å². The van der Waals surface area contributed by atoms with Gasteiger partial charge in [0.05, 0.1) is 53.1 Å². The first-order valence-electron chi connectivity index (χ1n) is 14.1. The first kappa shape index (κ1) is 28.0. The van der Waals surface area contributed by atoms with Crippen LogP contribution in [0.3, 0.4) is 0 Å². The van der Waals surface area contributed by atoms with Crippen LogP contribution in [-0.4, -0.2) is 67.1 Å². The van der Waals surface area contributed by atoms with Crippen LogP contribution in [0.2, 0.25) is 0 Å². The fourth-order valence-corrected chi connectivity index (χ4v) is 8.01. The minimum atomic E-state index is -4.00. The SMILES string of the molecule is Cc1nc(Nc2cccc(N3CC=COC3=O)n2)sc1-c1cc2c(c(S(=O)(=O)NC3COC3)c1)C(=O)N([C@@H](C)C1CC1)C2. The van der Waals surface area contributed by atoms with Crippen LogP contribution in [0, 0.1) is 12.8 Å². The van der Waals surface area contributed by atoms with E-state index in [1.165, 1.54) is 22.5 Å². The first-order valence-corrected chi connectivity index (χ1v) is 16.4. The number of fused-ring (bicyclic) bond motifs is 1. The van der Waals surface area contributed by atoms with E-state index in [0.717, 1.165) is 17.7 Å². The van der Waals surface area contributed by atoms with E-state index in [1.807, 2.05) is 19.9 Å². The Bertz CT molecular complexity index is 1760. The highest BCUT2D eigenvalue weighted by atomic mass is 32.2. The lowest BCUT2D eigenvalue weighted by Gasteiger charge is -2.27. The molecule has 1 saturated heterocycles. The fraction of sp³-hybridized carbons (Fsp3) is 0.379. The molecule has 1 aliphatic carbocycles. The monoisotopic (exact) mass is 622 g/mol. The van der Waals surface area contributed by atoms with Gasteiger partial charge in [0, 0.05) is 12.6 Å². The van der Waals surface area contributed by atoms with Crippen molar-refractivity contribution in [2.24, 2.45) is 5.92 Å². The summed E-state index contributed by atoms with van der Waals surface area (Å²) in [6, 6.07) is 8.48. The summed E-state index contributed by atoms with van der Waals surface area (Å²) in [5.41, 5.74) is 2.31. The van der Waals surface area contributed by atoms with Gasteiger partial charge in [-0.25, -0.2) is 27.9 Å². The van der Waals surface area contributed by atoms with Crippen molar-refractivity contribution in [3.63, 3.8) is 0 Å². The van der Waals surface area contributed by atoms with Crippen LogP contribution in [-0.2, 0) is 26.0 Å². The number of thiazole rings is 1. The van der Waals surface area contributed by atoms with Crippen molar-refractivity contribution < 1.29 is 27.5 Å². The van der Waals surface area contributed by atoms with E-state index in [1.54, 1.807) is 35.2 Å². The molecule has 0 radical (unpaired) electrons. The number of carbonyl (C=O) groups is 2. The summed E-state index contributed by atoms with van der Waals surface area (Å²) in [6.45, 7) is 5.21. The zero-order valence-electron chi connectivity index (χ0n) is 23.6. The third-order valence-corrected chi connectivity index (χ3v) is 10.8. The lowest BCUT2D eigenvalue weighted by molar-refractivity contribution is 0.00481. The quantitative estimate of drug-likeness (QED) is 0.360. The molecule has 14 heteroatoms. The van der Waals surface area contributed by atoms with E-state index >= 15 is 0 Å². The van der Waals surface area contributed by atoms with E-state index in [4.69, 9.17) is 9.47 Å². The van der Waals surface area contributed by atoms with Crippen LogP contribution in [0.15, 0.2) is 47.6 Å². The number of anilines is 3. The Morgan fingerprint density at radius 3 is 2.67 bits per heavy atom. The number of benzene rings is 1. The molecule has 3 aromatic rings. The van der Waals surface area contributed by atoms with E-state index in [2.05, 4.69) is 20.0 Å². The van der Waals surface area contributed by atoms with Crippen molar-refractivity contribution in [3.05, 3.63) is 59.5 Å². The van der Waals surface area contributed by atoms with Crippen LogP contribution in [0.25, 0.3) is 10.4 Å². The zero-order valence-corrected chi connectivity index (χ0v) is 25.2. The lowest BCUT2D eigenvalue weighted by atomic mass is 10.0. The van der Waals surface area contributed by atoms with Crippen molar-refractivity contribution in [1.82, 2.24) is 19.6 Å². The van der Waals surface area contributed by atoms with Crippen molar-refractivity contribution in [1.29, 1.82) is 0 Å². The summed E-state index contributed by atoms with van der Waals surface area (Å²) < 4.78 is 40.1. The van der Waals surface area contributed by atoms with Crippen LogP contribution in [0.1, 0.15) is 41.4 Å². The summed E-state index contributed by atoms with van der Waals surface area (Å²) in [5, 5.41) is 3.76. The smallest absolute Gasteiger partial charge is 0.418 e. The average Bonchev–Trinajstić information content (AvgIpc) is 3.68. The van der Waals surface area contributed by atoms with Gasteiger partial charge < -0.3 is 19.7 Å². The second-order valence-electron chi connectivity index (χ2n) is 11.2. The van der Waals surface area contributed by atoms with E-state index in [9.17, 15) is 18.0 Å². The highest BCUT2D eigenvalue weighted by Crippen LogP contribution is 2.42. The minimum Gasteiger partial charge on any atom is -0.418 e. The van der Waals surface area contributed by atoms with Crippen LogP contribution in [0.4, 0.5) is 21.6 Å². The van der Waals surface area contributed by atoms with Gasteiger partial charge in [-0.3, -0.25) is 9.69 Å². The molecule has 2 aromatic heterocycles. The molecular weight excluding hydrogens is 592 g/mol. The number of nitrogens with one attached hydrogen (secondary N) is 2. The third-order valence-electron chi connectivity index (χ3n) is 8.12. The molecule has 1 atom stereocenters. The number of pyridine rings is 1. The molecule has 5 heterocycles. The molecule has 43 heavy (non-hydrogen) atoms. The Kier molecular flexibility index (Phi) is 6.95. The maximum absolute atomic E-state index is 13.7. The number of hydrogen-bond donors (Lipinski definition) is 2. The minimum absolute atomic E-state index is 0.0125. The fourth-order valence-electron chi connectivity index (χ4n) is 5.58. The standard InChI is InChI=1S/C29H30N6O6S2/c1-16-26(42-28(30-16)32-23-5-3-6-24(31-23)34-9-4-10-41-29(34)37)19-11-20-13-35(17(2)18-7-8-18)27(36)25(20)22(12-19)43(38,39)33-21-14-40-15-21/h3-6,10-12,17-18,21,33H,7-9,13-15H2,1-2H3,(H,30,31,32)/t17-/m0/s1. The maximum atomic E-state index is 13.7. The number of aryl methyl sites for hydroxylation is 1. The summed E-state index contributed by atoms with van der Waals surface area (Å²) in [6.07, 6.45) is 4.72. The summed E-state index contributed by atoms with van der Waals surface area (Å²) >= 11 is 1.35. The van der Waals surface area contributed by atoms with Crippen molar-refractivity contribution in [3.8, 4) is 10.4 Å². The Balaban J connectivity index is 1.22. The number of aromatic nitrogens is 2. The predicted molar refractivity (Wildman–Crippen MR) is 160 cm³/mol. The highest BCUT2D eigenvalue weighted by molar-refractivity contribution is 7.89. The number of amides is 2. The Morgan fingerprint density at radius 1 is 1.14 bits per heavy atom. The van der Waals surface area contributed by atoms with Gasteiger partial charge in [0.2, 0.25) is 10.0 Å². The second-order valence-corrected chi connectivity index (χ2v) is 13.9. The molecule has 2 fully saturated rings. The number of hydrogen-bond acceptors (Lipinski definition) is 10. The molecule has 7 rings (SSSR count). The van der Waals surface area contributed by atoms with Crippen LogP contribution in [0.5, 0.6) is 0 Å². The number of nitrogens with zero attached hydrogens (tertiary/aromatic N) is 4. The Labute approximate surface area is 252 Å². The molecular formula is C29H30N6O6S2. The maximum Gasteiger partial charge on any atom is 0.420 e. The largest absolute Gasteiger partial charge is 0.420 e. The van der Waals surface area contributed by atoms with Crippen LogP contribution < -0.4 is 14.9 Å². The topological polar surface area (TPSA) is 143 Å². The van der Waals surface area contributed by atoms with Gasteiger partial charge in [-0.2, -0.15) is 0 Å². The van der Waals surface area contributed by atoms with Gasteiger partial charge in [-0.05, 0) is 74.1 Å². The molecule has 0 unspecified atom stereocenters. The molecule has 2 amide bonds. The summed E-state index contributed by atoms with van der Waals surface area (Å²) in [4.78, 5) is 39.0. The van der Waals surface area contributed by atoms with E-state index in [0.29, 0.717) is 65.8 Å². The van der Waals surface area contributed by atoms with E-state index < -0.39 is 16.1 Å². The highest BCUT2D eigenvalue weighted by Gasteiger charge is 2.42. The van der Waals surface area contributed by atoms with Crippen LogP contribution >= 0.6 is 11.3 Å². The molecule has 0 spiro atoms. The Morgan fingerprint density at radius 2 is 1.95 bits per heavy atom. The zero-order chi connectivity index (χ0) is 29.9. The molecule has 4 aliphatic rings. The number of ether oxygens (including phenoxy) is 2. The van der Waals surface area contributed by atoms with Gasteiger partial charge >= 0.3 is 6.09 Å². The van der Waals surface area contributed by atoms with Gasteiger partial charge in [0.1, 0.15) is 11.6 Å². The van der Waals surface area contributed by atoms with Crippen molar-refractivity contribution in [2.45, 2.75) is 50.2 Å². The van der Waals surface area contributed by atoms with E-state index in [-0.39, 0.29) is 28.4 Å². The molecule has 1 saturated carbocycles. The normalized spacial score (nSPS) is 19.3. The summed E-state index contributed by atoms with van der Waals surface area (Å²) in [5.74, 6) is 1.12. The average molecular weight is 623 g/mol. The number of carbonyl (C=O) groups excluding carboxylic acids is 2. The summed E-state index contributed by atoms with van der Waals surface area (Å²) in [7, 11) is -4.00. The molecule has 2 N–H and O–H groups in total. The van der Waals surface area contributed by atoms with Crippen molar-refractivity contribution >= 4 is 50.1 Å². The number of rotatable bonds is 9. The molecule has 0 bridgehead atoms. The predicted octanol–water partition coefficient (Wildman–Crippen LogP) is 4.16. The number of sulfonamides is 1. The molecule has 1 aromatic carbocycles. The lowest BCUT2D eigenvalue weighted by Crippen LogP contribution is -2.48. The first-order chi connectivity index (χ1) is 20.7. The van der Waals surface area contributed by atoms with Gasteiger partial charge in [0.25, 0.3) is 5.91 Å². The Hall–Kier alpha value is -3.85. The second kappa shape index (κ2) is 10.7. The molecule has 12 nitrogen and oxygen atoms in total. The van der Waals surface area contributed by atoms with Crippen molar-refractivity contribution in [2.75, 3.05) is 30.0 Å². The number of cyclic esters (lactones) is 1. The molecule has 224 valence electrons.